The van der Waals surface area contributed by atoms with Gasteiger partial charge >= 0.3 is 0 Å². The molecular weight excluding hydrogens is 269 g/mol. The fourth-order valence-corrected chi connectivity index (χ4v) is 2.76. The van der Waals surface area contributed by atoms with Crippen LogP contribution in [0.3, 0.4) is 0 Å². The monoisotopic (exact) mass is 281 g/mol. The van der Waals surface area contributed by atoms with E-state index < -0.39 is 0 Å². The molecule has 0 radical (unpaired) electrons. The zero-order valence-electron chi connectivity index (χ0n) is 9.91. The number of benzene rings is 2. The normalized spacial score (nSPS) is 10.6. The zero-order chi connectivity index (χ0) is 13.0. The highest BCUT2D eigenvalue weighted by molar-refractivity contribution is 7.99. The van der Waals surface area contributed by atoms with Crippen LogP contribution in [-0.4, -0.2) is 7.05 Å². The van der Waals surface area contributed by atoms with Gasteiger partial charge in [-0.15, -0.1) is 0 Å². The molecule has 1 N–H and O–H groups in total. The molecule has 0 fully saturated rings. The molecule has 0 heterocycles. The summed E-state index contributed by atoms with van der Waals surface area (Å²) in [4.78, 5) is 1.64. The lowest BCUT2D eigenvalue weighted by atomic mass is 10.2. The zero-order valence-corrected chi connectivity index (χ0v) is 11.5. The molecule has 0 aliphatic carbocycles. The van der Waals surface area contributed by atoms with Crippen LogP contribution in [-0.2, 0) is 6.54 Å². The van der Waals surface area contributed by atoms with Crippen molar-refractivity contribution in [2.45, 2.75) is 16.3 Å². The van der Waals surface area contributed by atoms with Crippen LogP contribution in [0, 0.1) is 5.82 Å². The third-order valence-electron chi connectivity index (χ3n) is 2.45. The summed E-state index contributed by atoms with van der Waals surface area (Å²) in [7, 11) is 1.87. The smallest absolute Gasteiger partial charge is 0.137 e. The molecule has 0 aliphatic heterocycles. The summed E-state index contributed by atoms with van der Waals surface area (Å²) in [5.74, 6) is -0.201. The minimum Gasteiger partial charge on any atom is -0.316 e. The standard InChI is InChI=1S/C14H13ClFNS/c1-17-9-10-8-11(15)6-7-13(10)18-14-5-3-2-4-12(14)16/h2-8,17H,9H2,1H3. The highest BCUT2D eigenvalue weighted by Gasteiger charge is 2.08. The molecule has 1 nitrogen and oxygen atoms in total. The van der Waals surface area contributed by atoms with Crippen molar-refractivity contribution < 1.29 is 4.39 Å². The lowest BCUT2D eigenvalue weighted by Crippen LogP contribution is -2.06. The molecule has 0 saturated carbocycles. The van der Waals surface area contributed by atoms with Crippen LogP contribution in [0.4, 0.5) is 4.39 Å². The number of hydrogen-bond acceptors (Lipinski definition) is 2. The van der Waals surface area contributed by atoms with Gasteiger partial charge in [0.2, 0.25) is 0 Å². The Morgan fingerprint density at radius 3 is 2.67 bits per heavy atom. The summed E-state index contributed by atoms with van der Waals surface area (Å²) in [6.07, 6.45) is 0. The van der Waals surface area contributed by atoms with Crippen molar-refractivity contribution in [2.24, 2.45) is 0 Å². The third kappa shape index (κ3) is 3.25. The maximum atomic E-state index is 13.6. The van der Waals surface area contributed by atoms with E-state index in [4.69, 9.17) is 11.6 Å². The quantitative estimate of drug-likeness (QED) is 0.894. The Kier molecular flexibility index (Phi) is 4.64. The highest BCUT2D eigenvalue weighted by Crippen LogP contribution is 2.33. The van der Waals surface area contributed by atoms with E-state index in [1.807, 2.05) is 31.3 Å². The predicted molar refractivity (Wildman–Crippen MR) is 74.7 cm³/mol. The Morgan fingerprint density at radius 2 is 1.94 bits per heavy atom. The van der Waals surface area contributed by atoms with E-state index >= 15 is 0 Å². The maximum absolute atomic E-state index is 13.6. The van der Waals surface area contributed by atoms with Crippen molar-refractivity contribution in [3.05, 3.63) is 58.9 Å². The first kappa shape index (κ1) is 13.4. The Morgan fingerprint density at radius 1 is 1.17 bits per heavy atom. The highest BCUT2D eigenvalue weighted by atomic mass is 35.5. The second-order valence-corrected chi connectivity index (χ2v) is 5.34. The molecule has 0 saturated heterocycles. The van der Waals surface area contributed by atoms with Gasteiger partial charge in [-0.05, 0) is 42.9 Å². The molecule has 2 aromatic carbocycles. The molecule has 0 amide bonds. The molecular formula is C14H13ClFNS. The molecule has 0 spiro atoms. The van der Waals surface area contributed by atoms with Crippen LogP contribution in [0.1, 0.15) is 5.56 Å². The molecule has 4 heteroatoms. The Bertz CT molecular complexity index is 545. The number of halogens is 2. The van der Waals surface area contributed by atoms with Crippen LogP contribution in [0.5, 0.6) is 0 Å². The largest absolute Gasteiger partial charge is 0.316 e. The van der Waals surface area contributed by atoms with Crippen LogP contribution >= 0.6 is 23.4 Å². The SMILES string of the molecule is CNCc1cc(Cl)ccc1Sc1ccccc1F. The van der Waals surface area contributed by atoms with Gasteiger partial charge in [-0.1, -0.05) is 35.5 Å². The van der Waals surface area contributed by atoms with Gasteiger partial charge in [-0.25, -0.2) is 4.39 Å². The van der Waals surface area contributed by atoms with Crippen molar-refractivity contribution in [2.75, 3.05) is 7.05 Å². The Balaban J connectivity index is 2.31. The summed E-state index contributed by atoms with van der Waals surface area (Å²) in [6.45, 7) is 0.706. The average molecular weight is 282 g/mol. The minimum atomic E-state index is -0.201. The maximum Gasteiger partial charge on any atom is 0.137 e. The van der Waals surface area contributed by atoms with Crippen LogP contribution in [0.15, 0.2) is 52.3 Å². The van der Waals surface area contributed by atoms with E-state index in [2.05, 4.69) is 5.32 Å². The summed E-state index contributed by atoms with van der Waals surface area (Å²) >= 11 is 7.39. The lowest BCUT2D eigenvalue weighted by Gasteiger charge is -2.10. The average Bonchev–Trinajstić information content (AvgIpc) is 2.35. The van der Waals surface area contributed by atoms with Crippen LogP contribution < -0.4 is 5.32 Å². The third-order valence-corrected chi connectivity index (χ3v) is 3.85. The Hall–Kier alpha value is -1.03. The second-order valence-electron chi connectivity index (χ2n) is 3.81. The fourth-order valence-electron chi connectivity index (χ4n) is 1.62. The molecule has 0 aliphatic rings. The van der Waals surface area contributed by atoms with E-state index in [-0.39, 0.29) is 5.82 Å². The lowest BCUT2D eigenvalue weighted by molar-refractivity contribution is 0.602. The first-order valence-electron chi connectivity index (χ1n) is 5.56. The van der Waals surface area contributed by atoms with Gasteiger partial charge in [0.25, 0.3) is 0 Å². The molecule has 0 unspecified atom stereocenters. The van der Waals surface area contributed by atoms with Gasteiger partial charge < -0.3 is 5.32 Å². The molecule has 0 aromatic heterocycles. The predicted octanol–water partition coefficient (Wildman–Crippen LogP) is 4.35. The van der Waals surface area contributed by atoms with Crippen LogP contribution in [0.25, 0.3) is 0 Å². The molecule has 18 heavy (non-hydrogen) atoms. The van der Waals surface area contributed by atoms with E-state index in [0.29, 0.717) is 16.5 Å². The van der Waals surface area contributed by atoms with Crippen molar-refractivity contribution in [1.82, 2.24) is 5.32 Å². The fraction of sp³-hybridized carbons (Fsp3) is 0.143. The number of hydrogen-bond donors (Lipinski definition) is 1. The first-order chi connectivity index (χ1) is 8.70. The van der Waals surface area contributed by atoms with Crippen LogP contribution in [0.2, 0.25) is 5.02 Å². The summed E-state index contributed by atoms with van der Waals surface area (Å²) in [6, 6.07) is 12.4. The summed E-state index contributed by atoms with van der Waals surface area (Å²) in [5.41, 5.74) is 1.07. The van der Waals surface area contributed by atoms with Gasteiger partial charge in [-0.2, -0.15) is 0 Å². The molecule has 0 bridgehead atoms. The van der Waals surface area contributed by atoms with E-state index in [0.717, 1.165) is 10.5 Å². The van der Waals surface area contributed by atoms with E-state index in [1.54, 1.807) is 12.1 Å². The molecule has 2 rings (SSSR count). The van der Waals surface area contributed by atoms with Gasteiger partial charge in [0.05, 0.1) is 0 Å². The number of rotatable bonds is 4. The molecule has 94 valence electrons. The van der Waals surface area contributed by atoms with E-state index in [1.165, 1.54) is 17.8 Å². The van der Waals surface area contributed by atoms with Gasteiger partial charge in [0, 0.05) is 21.4 Å². The topological polar surface area (TPSA) is 12.0 Å². The van der Waals surface area contributed by atoms with Crippen molar-refractivity contribution >= 4 is 23.4 Å². The summed E-state index contributed by atoms with van der Waals surface area (Å²) < 4.78 is 13.6. The molecule has 0 atom stereocenters. The van der Waals surface area contributed by atoms with Gasteiger partial charge in [-0.3, -0.25) is 0 Å². The first-order valence-corrected chi connectivity index (χ1v) is 6.75. The van der Waals surface area contributed by atoms with Crippen molar-refractivity contribution in [3.63, 3.8) is 0 Å². The van der Waals surface area contributed by atoms with Gasteiger partial charge in [0.15, 0.2) is 0 Å². The number of nitrogens with one attached hydrogen (secondary N) is 1. The minimum absolute atomic E-state index is 0.201. The Labute approximate surface area is 115 Å². The van der Waals surface area contributed by atoms with Crippen molar-refractivity contribution in [3.8, 4) is 0 Å². The van der Waals surface area contributed by atoms with Gasteiger partial charge in [0.1, 0.15) is 5.82 Å². The second kappa shape index (κ2) is 6.23. The summed E-state index contributed by atoms with van der Waals surface area (Å²) in [5, 5.41) is 3.78. The van der Waals surface area contributed by atoms with E-state index in [9.17, 15) is 4.39 Å². The molecule has 2 aromatic rings. The van der Waals surface area contributed by atoms with Crippen molar-refractivity contribution in [1.29, 1.82) is 0 Å².